The number of ketones is 1. The first-order valence-electron chi connectivity index (χ1n) is 13.6. The van der Waals surface area contributed by atoms with Crippen LogP contribution in [0.2, 0.25) is 0 Å². The number of esters is 1. The van der Waals surface area contributed by atoms with Crippen LogP contribution in [-0.2, 0) is 14.3 Å². The standard InChI is InChI=1S/C31H36BrNO7/c1-6-8-11-40-31(36)27-17(3)33-22-13-19(18-9-10-24(37-4)25(15-18)38-5)14-23(34)29(22)28(27)20-12-21(32)30(35)26(16-20)39-7-2/h9-10,12,15-16,19,27-28,35H,6-8,11,13-14H2,1-5H3/t19-,27?,28+/m0/s1. The lowest BCUT2D eigenvalue weighted by Gasteiger charge is -2.36. The third-order valence-corrected chi connectivity index (χ3v) is 8.08. The molecule has 2 aliphatic rings. The molecule has 0 radical (unpaired) electrons. The van der Waals surface area contributed by atoms with Gasteiger partial charge in [-0.15, -0.1) is 0 Å². The average molecular weight is 615 g/mol. The van der Waals surface area contributed by atoms with Crippen molar-refractivity contribution >= 4 is 33.4 Å². The van der Waals surface area contributed by atoms with E-state index in [0.717, 1.165) is 18.4 Å². The van der Waals surface area contributed by atoms with E-state index >= 15 is 0 Å². The van der Waals surface area contributed by atoms with Gasteiger partial charge in [-0.25, -0.2) is 0 Å². The van der Waals surface area contributed by atoms with Crippen LogP contribution in [0.1, 0.15) is 69.4 Å². The van der Waals surface area contributed by atoms with Crippen molar-refractivity contribution < 1.29 is 33.6 Å². The monoisotopic (exact) mass is 613 g/mol. The predicted molar refractivity (Wildman–Crippen MR) is 156 cm³/mol. The molecule has 0 spiro atoms. The van der Waals surface area contributed by atoms with Crippen molar-refractivity contribution in [3.63, 3.8) is 0 Å². The molecule has 2 aromatic carbocycles. The quantitative estimate of drug-likeness (QED) is 0.241. The Kier molecular flexibility index (Phi) is 9.56. The molecule has 1 unspecified atom stereocenters. The normalized spacial score (nSPS) is 20.5. The van der Waals surface area contributed by atoms with Crippen LogP contribution in [0.5, 0.6) is 23.0 Å². The highest BCUT2D eigenvalue weighted by molar-refractivity contribution is 9.10. The Morgan fingerprint density at radius 1 is 1.05 bits per heavy atom. The fourth-order valence-corrected chi connectivity index (χ4v) is 5.97. The van der Waals surface area contributed by atoms with E-state index in [4.69, 9.17) is 23.9 Å². The van der Waals surface area contributed by atoms with Gasteiger partial charge >= 0.3 is 5.97 Å². The van der Waals surface area contributed by atoms with E-state index in [1.165, 1.54) is 0 Å². The zero-order valence-corrected chi connectivity index (χ0v) is 25.2. The van der Waals surface area contributed by atoms with Crippen molar-refractivity contribution in [3.05, 3.63) is 57.2 Å². The largest absolute Gasteiger partial charge is 0.503 e. The Labute approximate surface area is 243 Å². The third kappa shape index (κ3) is 5.89. The molecule has 2 aromatic rings. The minimum Gasteiger partial charge on any atom is -0.503 e. The summed E-state index contributed by atoms with van der Waals surface area (Å²) in [5.74, 6) is -0.543. The first kappa shape index (κ1) is 29.6. The molecule has 0 bridgehead atoms. The highest BCUT2D eigenvalue weighted by Crippen LogP contribution is 2.49. The van der Waals surface area contributed by atoms with Crippen LogP contribution in [0.3, 0.4) is 0 Å². The maximum Gasteiger partial charge on any atom is 0.315 e. The van der Waals surface area contributed by atoms with Crippen molar-refractivity contribution in [3.8, 4) is 23.0 Å². The summed E-state index contributed by atoms with van der Waals surface area (Å²) in [5, 5.41) is 10.6. The minimum atomic E-state index is -0.775. The second kappa shape index (κ2) is 12.9. The van der Waals surface area contributed by atoms with E-state index in [1.54, 1.807) is 26.4 Å². The van der Waals surface area contributed by atoms with Crippen molar-refractivity contribution in [2.75, 3.05) is 27.4 Å². The van der Waals surface area contributed by atoms with Crippen LogP contribution >= 0.6 is 15.9 Å². The molecule has 8 nitrogen and oxygen atoms in total. The molecule has 0 aromatic heterocycles. The Morgan fingerprint density at radius 3 is 2.45 bits per heavy atom. The summed E-state index contributed by atoms with van der Waals surface area (Å²) >= 11 is 3.43. The highest BCUT2D eigenvalue weighted by atomic mass is 79.9. The number of Topliss-reactive ketones (excluding diaryl/α,β-unsaturated/α-hetero) is 1. The zero-order valence-electron chi connectivity index (χ0n) is 23.6. The lowest BCUT2D eigenvalue weighted by Crippen LogP contribution is -2.38. The molecule has 0 saturated carbocycles. The number of unbranched alkanes of at least 4 members (excludes halogenated alkanes) is 1. The molecule has 3 atom stereocenters. The van der Waals surface area contributed by atoms with Gasteiger partial charge < -0.3 is 24.1 Å². The van der Waals surface area contributed by atoms with Gasteiger partial charge in [-0.3, -0.25) is 14.6 Å². The third-order valence-electron chi connectivity index (χ3n) is 7.47. The average Bonchev–Trinajstić information content (AvgIpc) is 2.94. The fourth-order valence-electron chi connectivity index (χ4n) is 5.51. The molecule has 4 rings (SSSR count). The van der Waals surface area contributed by atoms with Crippen molar-refractivity contribution in [1.29, 1.82) is 0 Å². The van der Waals surface area contributed by atoms with Crippen molar-refractivity contribution in [2.45, 2.75) is 58.3 Å². The van der Waals surface area contributed by atoms with Gasteiger partial charge in [0.1, 0.15) is 5.92 Å². The van der Waals surface area contributed by atoms with E-state index in [2.05, 4.69) is 15.9 Å². The Morgan fingerprint density at radius 2 is 1.77 bits per heavy atom. The number of phenolic OH excluding ortho intramolecular Hbond substituents is 1. The summed E-state index contributed by atoms with van der Waals surface area (Å²) in [5.41, 5.74) is 3.39. The van der Waals surface area contributed by atoms with E-state index in [9.17, 15) is 14.7 Å². The van der Waals surface area contributed by atoms with E-state index in [0.29, 0.717) is 58.2 Å². The zero-order chi connectivity index (χ0) is 29.0. The molecule has 214 valence electrons. The van der Waals surface area contributed by atoms with Crippen LogP contribution in [0.15, 0.2) is 51.1 Å². The number of allylic oxidation sites excluding steroid dienone is 2. The van der Waals surface area contributed by atoms with Gasteiger partial charge in [-0.2, -0.15) is 0 Å². The first-order chi connectivity index (χ1) is 19.2. The molecule has 1 heterocycles. The number of carbonyl (C=O) groups excluding carboxylic acids is 2. The molecule has 9 heteroatoms. The summed E-state index contributed by atoms with van der Waals surface area (Å²) in [6.45, 7) is 6.31. The second-order valence-corrected chi connectivity index (χ2v) is 10.9. The SMILES string of the molecule is CCCCOC(=O)C1C(C)=NC2=C(C(=O)C[C@@H](c3ccc(OC)c(OC)c3)C2)[C@@H]1c1cc(Br)c(O)c(OCC)c1. The van der Waals surface area contributed by atoms with Gasteiger partial charge in [0.25, 0.3) is 0 Å². The highest BCUT2D eigenvalue weighted by Gasteiger charge is 2.45. The first-order valence-corrected chi connectivity index (χ1v) is 14.4. The molecule has 0 fully saturated rings. The van der Waals surface area contributed by atoms with Crippen LogP contribution in [0.4, 0.5) is 0 Å². The van der Waals surface area contributed by atoms with Crippen LogP contribution < -0.4 is 14.2 Å². The molecular formula is C31H36BrNO7. The number of benzene rings is 2. The molecule has 1 aliphatic heterocycles. The lowest BCUT2D eigenvalue weighted by molar-refractivity contribution is -0.146. The molecule has 0 saturated heterocycles. The van der Waals surface area contributed by atoms with Gasteiger partial charge in [0.2, 0.25) is 0 Å². The number of carbonyl (C=O) groups is 2. The number of ether oxygens (including phenoxy) is 4. The number of aromatic hydroxyl groups is 1. The van der Waals surface area contributed by atoms with Crippen LogP contribution in [-0.4, -0.2) is 50.0 Å². The Hall–Kier alpha value is -3.33. The number of nitrogens with zero attached hydrogens (tertiary/aromatic N) is 1. The van der Waals surface area contributed by atoms with Gasteiger partial charge in [-0.05, 0) is 83.9 Å². The summed E-state index contributed by atoms with van der Waals surface area (Å²) in [6.07, 6.45) is 2.43. The molecule has 40 heavy (non-hydrogen) atoms. The molecular weight excluding hydrogens is 578 g/mol. The summed E-state index contributed by atoms with van der Waals surface area (Å²) in [6, 6.07) is 9.13. The second-order valence-electron chi connectivity index (χ2n) is 10.0. The smallest absolute Gasteiger partial charge is 0.315 e. The number of aliphatic imine (C=N–C) groups is 1. The minimum absolute atomic E-state index is 0.0356. The van der Waals surface area contributed by atoms with Gasteiger partial charge in [0.15, 0.2) is 28.8 Å². The maximum absolute atomic E-state index is 13.9. The van der Waals surface area contributed by atoms with E-state index < -0.39 is 17.8 Å². The number of rotatable bonds is 10. The molecule has 1 aliphatic carbocycles. The predicted octanol–water partition coefficient (Wildman–Crippen LogP) is 6.49. The van der Waals surface area contributed by atoms with Gasteiger partial charge in [0, 0.05) is 29.3 Å². The summed E-state index contributed by atoms with van der Waals surface area (Å²) < 4.78 is 22.6. The van der Waals surface area contributed by atoms with Crippen molar-refractivity contribution in [1.82, 2.24) is 0 Å². The van der Waals surface area contributed by atoms with Crippen LogP contribution in [0, 0.1) is 5.92 Å². The summed E-state index contributed by atoms with van der Waals surface area (Å²) in [4.78, 5) is 32.3. The molecule has 1 N–H and O–H groups in total. The number of phenols is 1. The lowest BCUT2D eigenvalue weighted by atomic mass is 9.69. The fraction of sp³-hybridized carbons (Fsp3) is 0.452. The number of halogens is 1. The number of hydrogen-bond donors (Lipinski definition) is 1. The van der Waals surface area contributed by atoms with E-state index in [-0.39, 0.29) is 29.6 Å². The van der Waals surface area contributed by atoms with Crippen LogP contribution in [0.25, 0.3) is 0 Å². The summed E-state index contributed by atoms with van der Waals surface area (Å²) in [7, 11) is 3.17. The topological polar surface area (TPSA) is 104 Å². The Bertz CT molecular complexity index is 1350. The number of hydrogen-bond acceptors (Lipinski definition) is 8. The maximum atomic E-state index is 13.9. The number of methoxy groups -OCH3 is 2. The molecule has 0 amide bonds. The van der Waals surface area contributed by atoms with Crippen molar-refractivity contribution in [2.24, 2.45) is 10.9 Å². The van der Waals surface area contributed by atoms with Gasteiger partial charge in [0.05, 0.1) is 31.9 Å². The van der Waals surface area contributed by atoms with Gasteiger partial charge in [-0.1, -0.05) is 19.4 Å². The Balaban J connectivity index is 1.80. The van der Waals surface area contributed by atoms with E-state index in [1.807, 2.05) is 39.0 Å².